The Balaban J connectivity index is 2.48. The quantitative estimate of drug-likeness (QED) is 0.808. The number of aryl methyl sites for hydroxylation is 1. The van der Waals surface area contributed by atoms with E-state index in [0.717, 1.165) is 11.4 Å². The van der Waals surface area contributed by atoms with E-state index in [2.05, 4.69) is 10.3 Å². The molecule has 0 aliphatic carbocycles. The maximum atomic E-state index is 12.0. The van der Waals surface area contributed by atoms with Gasteiger partial charge in [-0.3, -0.25) is 4.79 Å². The molecule has 1 heterocycles. The van der Waals surface area contributed by atoms with Gasteiger partial charge in [0.15, 0.2) is 5.78 Å². The minimum atomic E-state index is 0.0751. The highest BCUT2D eigenvalue weighted by atomic mass is 16.1. The predicted octanol–water partition coefficient (Wildman–Crippen LogP) is 1.49. The van der Waals surface area contributed by atoms with Crippen LogP contribution in [-0.2, 0) is 7.05 Å². The van der Waals surface area contributed by atoms with Crippen LogP contribution in [0.15, 0.2) is 36.7 Å². The fourth-order valence-electron chi connectivity index (χ4n) is 1.80. The molecule has 2 aromatic rings. The molecule has 0 radical (unpaired) electrons. The number of nitrogens with one attached hydrogen (secondary N) is 1. The van der Waals surface area contributed by atoms with Crippen molar-refractivity contribution in [2.75, 3.05) is 13.6 Å². The van der Waals surface area contributed by atoms with Crippen LogP contribution in [0, 0.1) is 0 Å². The van der Waals surface area contributed by atoms with E-state index in [1.54, 1.807) is 13.2 Å². The molecule has 0 fully saturated rings. The van der Waals surface area contributed by atoms with E-state index < -0.39 is 0 Å². The molecule has 0 saturated carbocycles. The number of Topliss-reactive ketones (excluding diaryl/α,β-unsaturated/α-hetero) is 1. The van der Waals surface area contributed by atoms with Crippen molar-refractivity contribution >= 4 is 5.78 Å². The molecule has 1 aromatic carbocycles. The highest BCUT2D eigenvalue weighted by Gasteiger charge is 2.13. The maximum Gasteiger partial charge on any atom is 0.177 e. The third-order valence-corrected chi connectivity index (χ3v) is 2.63. The SMILES string of the molecule is CNCC(=O)c1ccccc1-c1nccn1C. The van der Waals surface area contributed by atoms with Crippen molar-refractivity contribution in [2.24, 2.45) is 7.05 Å². The van der Waals surface area contributed by atoms with Crippen molar-refractivity contribution in [1.82, 2.24) is 14.9 Å². The molecule has 0 amide bonds. The monoisotopic (exact) mass is 229 g/mol. The van der Waals surface area contributed by atoms with Crippen molar-refractivity contribution in [3.63, 3.8) is 0 Å². The second kappa shape index (κ2) is 4.93. The summed E-state index contributed by atoms with van der Waals surface area (Å²) in [7, 11) is 3.68. The number of nitrogens with zero attached hydrogens (tertiary/aromatic N) is 2. The van der Waals surface area contributed by atoms with E-state index in [0.29, 0.717) is 12.1 Å². The van der Waals surface area contributed by atoms with Crippen LogP contribution in [0.5, 0.6) is 0 Å². The van der Waals surface area contributed by atoms with Crippen molar-refractivity contribution in [3.05, 3.63) is 42.2 Å². The first kappa shape index (κ1) is 11.5. The molecule has 4 nitrogen and oxygen atoms in total. The topological polar surface area (TPSA) is 46.9 Å². The maximum absolute atomic E-state index is 12.0. The Kier molecular flexibility index (Phi) is 3.35. The lowest BCUT2D eigenvalue weighted by atomic mass is 10.0. The number of likely N-dealkylation sites (N-methyl/N-ethyl adjacent to an activating group) is 1. The first-order valence-electron chi connectivity index (χ1n) is 5.48. The standard InChI is InChI=1S/C13H15N3O/c1-14-9-12(17)10-5-3-4-6-11(10)13-15-7-8-16(13)2/h3-8,14H,9H2,1-2H3. The average Bonchev–Trinajstić information content (AvgIpc) is 2.76. The molecular weight excluding hydrogens is 214 g/mol. The average molecular weight is 229 g/mol. The predicted molar refractivity (Wildman–Crippen MR) is 66.9 cm³/mol. The third kappa shape index (κ3) is 2.26. The number of carbonyl (C=O) groups is 1. The second-order valence-electron chi connectivity index (χ2n) is 3.86. The van der Waals surface area contributed by atoms with Gasteiger partial charge >= 0.3 is 0 Å². The van der Waals surface area contributed by atoms with E-state index in [-0.39, 0.29) is 5.78 Å². The van der Waals surface area contributed by atoms with Crippen LogP contribution in [0.4, 0.5) is 0 Å². The summed E-state index contributed by atoms with van der Waals surface area (Å²) in [6, 6.07) is 7.55. The van der Waals surface area contributed by atoms with Gasteiger partial charge in [-0.2, -0.15) is 0 Å². The number of benzene rings is 1. The Morgan fingerprint density at radius 2 is 2.18 bits per heavy atom. The summed E-state index contributed by atoms with van der Waals surface area (Å²) in [5.74, 6) is 0.885. The molecule has 0 unspecified atom stereocenters. The molecule has 0 aliphatic rings. The van der Waals surface area contributed by atoms with Crippen molar-refractivity contribution < 1.29 is 4.79 Å². The molecule has 4 heteroatoms. The molecule has 0 atom stereocenters. The van der Waals surface area contributed by atoms with Crippen LogP contribution in [0.2, 0.25) is 0 Å². The minimum Gasteiger partial charge on any atom is -0.334 e. The van der Waals surface area contributed by atoms with Crippen LogP contribution in [0.1, 0.15) is 10.4 Å². The fraction of sp³-hybridized carbons (Fsp3) is 0.231. The molecule has 0 aliphatic heterocycles. The largest absolute Gasteiger partial charge is 0.334 e. The molecule has 1 N–H and O–H groups in total. The number of hydrogen-bond donors (Lipinski definition) is 1. The summed E-state index contributed by atoms with van der Waals surface area (Å²) < 4.78 is 1.91. The molecule has 1 aromatic heterocycles. The zero-order chi connectivity index (χ0) is 12.3. The molecule has 88 valence electrons. The number of carbonyl (C=O) groups excluding carboxylic acids is 1. The summed E-state index contributed by atoms with van der Waals surface area (Å²) in [6.07, 6.45) is 3.60. The summed E-state index contributed by atoms with van der Waals surface area (Å²) in [5.41, 5.74) is 1.58. The van der Waals surface area contributed by atoms with Gasteiger partial charge < -0.3 is 9.88 Å². The van der Waals surface area contributed by atoms with Gasteiger partial charge in [-0.15, -0.1) is 0 Å². The molecule has 17 heavy (non-hydrogen) atoms. The number of aromatic nitrogens is 2. The summed E-state index contributed by atoms with van der Waals surface area (Å²) in [4.78, 5) is 16.3. The number of ketones is 1. The lowest BCUT2D eigenvalue weighted by Gasteiger charge is -2.08. The zero-order valence-corrected chi connectivity index (χ0v) is 9.97. The highest BCUT2D eigenvalue weighted by Crippen LogP contribution is 2.21. The van der Waals surface area contributed by atoms with Gasteiger partial charge in [-0.25, -0.2) is 4.98 Å². The van der Waals surface area contributed by atoms with Crippen LogP contribution in [0.25, 0.3) is 11.4 Å². The molecule has 0 saturated heterocycles. The minimum absolute atomic E-state index is 0.0751. The van der Waals surface area contributed by atoms with E-state index in [1.165, 1.54) is 0 Å². The van der Waals surface area contributed by atoms with Gasteiger partial charge in [-0.1, -0.05) is 24.3 Å². The first-order valence-corrected chi connectivity index (χ1v) is 5.48. The molecule has 2 rings (SSSR count). The van der Waals surface area contributed by atoms with Gasteiger partial charge in [0.1, 0.15) is 5.82 Å². The first-order chi connectivity index (χ1) is 8.24. The van der Waals surface area contributed by atoms with E-state index in [4.69, 9.17) is 0 Å². The number of hydrogen-bond acceptors (Lipinski definition) is 3. The van der Waals surface area contributed by atoms with Crippen molar-refractivity contribution in [2.45, 2.75) is 0 Å². The Bertz CT molecular complexity index is 531. The summed E-state index contributed by atoms with van der Waals surface area (Å²) in [5, 5.41) is 2.88. The lowest BCUT2D eigenvalue weighted by Crippen LogP contribution is -2.19. The zero-order valence-electron chi connectivity index (χ0n) is 9.97. The smallest absolute Gasteiger partial charge is 0.177 e. The Labute approximate surface area is 100 Å². The molecule has 0 bridgehead atoms. The Hall–Kier alpha value is -1.94. The van der Waals surface area contributed by atoms with Crippen LogP contribution in [-0.4, -0.2) is 28.9 Å². The van der Waals surface area contributed by atoms with E-state index in [9.17, 15) is 4.79 Å². The van der Waals surface area contributed by atoms with Crippen LogP contribution < -0.4 is 5.32 Å². The Morgan fingerprint density at radius 1 is 1.41 bits per heavy atom. The summed E-state index contributed by atoms with van der Waals surface area (Å²) in [6.45, 7) is 0.335. The van der Waals surface area contributed by atoms with Gasteiger partial charge in [0.2, 0.25) is 0 Å². The molecular formula is C13H15N3O. The normalized spacial score (nSPS) is 10.5. The summed E-state index contributed by atoms with van der Waals surface area (Å²) >= 11 is 0. The fourth-order valence-corrected chi connectivity index (χ4v) is 1.80. The van der Waals surface area contributed by atoms with Gasteiger partial charge in [0.05, 0.1) is 6.54 Å². The van der Waals surface area contributed by atoms with Crippen LogP contribution in [0.3, 0.4) is 0 Å². The van der Waals surface area contributed by atoms with Gasteiger partial charge in [-0.05, 0) is 7.05 Å². The highest BCUT2D eigenvalue weighted by molar-refractivity contribution is 6.02. The molecule has 0 spiro atoms. The van der Waals surface area contributed by atoms with Crippen LogP contribution >= 0.6 is 0 Å². The lowest BCUT2D eigenvalue weighted by molar-refractivity contribution is 0.0994. The third-order valence-electron chi connectivity index (χ3n) is 2.63. The number of imidazole rings is 1. The van der Waals surface area contributed by atoms with E-state index >= 15 is 0 Å². The number of rotatable bonds is 4. The Morgan fingerprint density at radius 3 is 2.82 bits per heavy atom. The van der Waals surface area contributed by atoms with Crippen molar-refractivity contribution in [3.8, 4) is 11.4 Å². The van der Waals surface area contributed by atoms with E-state index in [1.807, 2.05) is 42.1 Å². The van der Waals surface area contributed by atoms with Crippen molar-refractivity contribution in [1.29, 1.82) is 0 Å². The van der Waals surface area contributed by atoms with Gasteiger partial charge in [0.25, 0.3) is 0 Å². The van der Waals surface area contributed by atoms with Gasteiger partial charge in [0, 0.05) is 30.6 Å². The second-order valence-corrected chi connectivity index (χ2v) is 3.86.